The first-order valence-electron chi connectivity index (χ1n) is 9.22. The van der Waals surface area contributed by atoms with Crippen LogP contribution in [-0.4, -0.2) is 54.9 Å². The fourth-order valence-corrected chi connectivity index (χ4v) is 6.79. The van der Waals surface area contributed by atoms with E-state index in [9.17, 15) is 13.2 Å². The van der Waals surface area contributed by atoms with E-state index in [1.807, 2.05) is 6.07 Å². The molecule has 9 heteroatoms. The van der Waals surface area contributed by atoms with Gasteiger partial charge in [-0.25, -0.2) is 8.42 Å². The van der Waals surface area contributed by atoms with E-state index >= 15 is 0 Å². The van der Waals surface area contributed by atoms with Crippen molar-refractivity contribution in [2.45, 2.75) is 44.4 Å². The maximum atomic E-state index is 12.9. The summed E-state index contributed by atoms with van der Waals surface area (Å²) >= 11 is 1.60. The summed E-state index contributed by atoms with van der Waals surface area (Å²) in [5, 5.41) is 3.75. The van der Waals surface area contributed by atoms with E-state index in [4.69, 9.17) is 4.52 Å². The maximum Gasteiger partial charge on any atom is 0.264 e. The lowest BCUT2D eigenvalue weighted by molar-refractivity contribution is 0.0702. The molecule has 146 valence electrons. The summed E-state index contributed by atoms with van der Waals surface area (Å²) in [6, 6.07) is 2.04. The van der Waals surface area contributed by atoms with Crippen molar-refractivity contribution < 1.29 is 17.7 Å². The topological polar surface area (TPSA) is 83.7 Å². The monoisotopic (exact) mass is 409 g/mol. The molecule has 0 bridgehead atoms. The van der Waals surface area contributed by atoms with Gasteiger partial charge in [-0.3, -0.25) is 4.79 Å². The molecule has 2 aromatic rings. The van der Waals surface area contributed by atoms with Crippen molar-refractivity contribution in [3.05, 3.63) is 32.8 Å². The van der Waals surface area contributed by atoms with E-state index in [1.54, 1.807) is 30.1 Å². The second-order valence-corrected chi connectivity index (χ2v) is 10.1. The molecule has 1 fully saturated rings. The van der Waals surface area contributed by atoms with E-state index in [1.165, 1.54) is 27.6 Å². The van der Waals surface area contributed by atoms with Crippen molar-refractivity contribution in [1.29, 1.82) is 0 Å². The number of thiophene rings is 1. The lowest BCUT2D eigenvalue weighted by Gasteiger charge is -2.33. The fraction of sp³-hybridized carbons (Fsp3) is 0.556. The predicted molar refractivity (Wildman–Crippen MR) is 102 cm³/mol. The van der Waals surface area contributed by atoms with Gasteiger partial charge in [0.2, 0.25) is 10.0 Å². The molecule has 3 heterocycles. The van der Waals surface area contributed by atoms with Gasteiger partial charge < -0.3 is 9.42 Å². The van der Waals surface area contributed by atoms with Gasteiger partial charge in [0.1, 0.15) is 10.6 Å². The largest absolute Gasteiger partial charge is 0.360 e. The Balaban J connectivity index is 1.46. The summed E-state index contributed by atoms with van der Waals surface area (Å²) in [4.78, 5) is 16.9. The molecule has 1 aliphatic heterocycles. The van der Waals surface area contributed by atoms with Crippen LogP contribution in [0.3, 0.4) is 0 Å². The number of sulfonamides is 1. The van der Waals surface area contributed by atoms with E-state index in [-0.39, 0.29) is 23.9 Å². The summed E-state index contributed by atoms with van der Waals surface area (Å²) in [5.74, 6) is 0.318. The zero-order valence-electron chi connectivity index (χ0n) is 15.5. The van der Waals surface area contributed by atoms with Gasteiger partial charge >= 0.3 is 0 Å². The lowest BCUT2D eigenvalue weighted by atomic mass is 9.99. The first-order chi connectivity index (χ1) is 12.9. The average molecular weight is 410 g/mol. The average Bonchev–Trinajstić information content (AvgIpc) is 3.24. The Hall–Kier alpha value is -1.71. The highest BCUT2D eigenvalue weighted by Crippen LogP contribution is 2.31. The Kier molecular flexibility index (Phi) is 4.85. The number of aryl methyl sites for hydroxylation is 4. The van der Waals surface area contributed by atoms with Crippen molar-refractivity contribution in [3.63, 3.8) is 0 Å². The molecular weight excluding hydrogens is 386 g/mol. The van der Waals surface area contributed by atoms with Crippen LogP contribution in [0.4, 0.5) is 0 Å². The molecule has 2 aromatic heterocycles. The van der Waals surface area contributed by atoms with Gasteiger partial charge in [0.25, 0.3) is 5.91 Å². The van der Waals surface area contributed by atoms with Crippen LogP contribution < -0.4 is 0 Å². The first-order valence-corrected chi connectivity index (χ1v) is 11.5. The van der Waals surface area contributed by atoms with Crippen LogP contribution in [0.5, 0.6) is 0 Å². The molecule has 0 radical (unpaired) electrons. The van der Waals surface area contributed by atoms with Crippen molar-refractivity contribution in [3.8, 4) is 0 Å². The Labute approximate surface area is 163 Å². The molecule has 0 spiro atoms. The summed E-state index contributed by atoms with van der Waals surface area (Å²) in [7, 11) is -3.65. The Bertz CT molecular complexity index is 926. The third-order valence-corrected chi connectivity index (χ3v) is 8.67. The normalized spacial score (nSPS) is 18.5. The van der Waals surface area contributed by atoms with Crippen molar-refractivity contribution in [1.82, 2.24) is 14.4 Å². The van der Waals surface area contributed by atoms with E-state index in [2.05, 4.69) is 5.16 Å². The molecule has 1 amide bonds. The number of hydrogen-bond donors (Lipinski definition) is 0. The summed E-state index contributed by atoms with van der Waals surface area (Å²) in [6.45, 7) is 4.58. The third-order valence-electron chi connectivity index (χ3n) is 5.30. The molecular formula is C18H23N3O4S2. The van der Waals surface area contributed by atoms with Crippen molar-refractivity contribution in [2.75, 3.05) is 26.2 Å². The van der Waals surface area contributed by atoms with Gasteiger partial charge in [-0.2, -0.15) is 4.31 Å². The molecule has 0 N–H and O–H groups in total. The second kappa shape index (κ2) is 7.03. The van der Waals surface area contributed by atoms with Crippen LogP contribution in [0.25, 0.3) is 0 Å². The zero-order chi connectivity index (χ0) is 19.2. The standard InChI is InChI=1S/C18H23N3O4S2/c1-12-17(13(2)25-19-12)27(23,24)21-9-7-20(8-10-21)18(22)16-11-14-5-3-4-6-15(14)26-16/h11H,3-10H2,1-2H3. The molecule has 27 heavy (non-hydrogen) atoms. The van der Waals surface area contributed by atoms with Crippen molar-refractivity contribution in [2.24, 2.45) is 0 Å². The first kappa shape index (κ1) is 18.6. The minimum Gasteiger partial charge on any atom is -0.360 e. The summed E-state index contributed by atoms with van der Waals surface area (Å²) in [5.41, 5.74) is 1.68. The minimum absolute atomic E-state index is 0.0174. The van der Waals surface area contributed by atoms with Crippen LogP contribution in [0, 0.1) is 13.8 Å². The van der Waals surface area contributed by atoms with Gasteiger partial charge in [-0.15, -0.1) is 11.3 Å². The molecule has 0 atom stereocenters. The quantitative estimate of drug-likeness (QED) is 0.777. The third kappa shape index (κ3) is 3.32. The van der Waals surface area contributed by atoms with E-state index in [0.717, 1.165) is 17.7 Å². The smallest absolute Gasteiger partial charge is 0.264 e. The van der Waals surface area contributed by atoms with Crippen LogP contribution in [-0.2, 0) is 22.9 Å². The number of piperazine rings is 1. The highest BCUT2D eigenvalue weighted by Gasteiger charge is 2.34. The zero-order valence-corrected chi connectivity index (χ0v) is 17.2. The Morgan fingerprint density at radius 1 is 1.15 bits per heavy atom. The SMILES string of the molecule is Cc1noc(C)c1S(=O)(=O)N1CCN(C(=O)c2cc3c(s2)CCCC3)CC1. The molecule has 1 saturated heterocycles. The number of carbonyl (C=O) groups is 1. The molecule has 1 aliphatic carbocycles. The van der Waals surface area contributed by atoms with Crippen molar-refractivity contribution >= 4 is 27.3 Å². The van der Waals surface area contributed by atoms with Crippen LogP contribution in [0.1, 0.15) is 44.4 Å². The molecule has 7 nitrogen and oxygen atoms in total. The van der Waals surface area contributed by atoms with E-state index < -0.39 is 10.0 Å². The Morgan fingerprint density at radius 3 is 2.48 bits per heavy atom. The number of nitrogens with zero attached hydrogens (tertiary/aromatic N) is 3. The lowest BCUT2D eigenvalue weighted by Crippen LogP contribution is -2.50. The molecule has 0 unspecified atom stereocenters. The highest BCUT2D eigenvalue weighted by atomic mass is 32.2. The number of rotatable bonds is 3. The number of fused-ring (bicyclic) bond motifs is 1. The second-order valence-electron chi connectivity index (χ2n) is 7.12. The van der Waals surface area contributed by atoms with Crippen LogP contribution in [0.2, 0.25) is 0 Å². The van der Waals surface area contributed by atoms with E-state index in [0.29, 0.717) is 24.5 Å². The number of aromatic nitrogens is 1. The maximum absolute atomic E-state index is 12.9. The summed E-state index contributed by atoms with van der Waals surface area (Å²) in [6.07, 6.45) is 4.51. The number of carbonyl (C=O) groups excluding carboxylic acids is 1. The van der Waals surface area contributed by atoms with Crippen LogP contribution >= 0.6 is 11.3 Å². The van der Waals surface area contributed by atoms with Gasteiger partial charge in [-0.1, -0.05) is 5.16 Å². The molecule has 0 saturated carbocycles. The highest BCUT2D eigenvalue weighted by molar-refractivity contribution is 7.89. The summed E-state index contributed by atoms with van der Waals surface area (Å²) < 4.78 is 32.2. The molecule has 2 aliphatic rings. The molecule has 4 rings (SSSR count). The van der Waals surface area contributed by atoms with Gasteiger partial charge in [0.15, 0.2) is 5.76 Å². The van der Waals surface area contributed by atoms with Gasteiger partial charge in [0.05, 0.1) is 4.88 Å². The van der Waals surface area contributed by atoms with Gasteiger partial charge in [0, 0.05) is 31.1 Å². The Morgan fingerprint density at radius 2 is 1.85 bits per heavy atom. The molecule has 0 aromatic carbocycles. The van der Waals surface area contributed by atoms with Crippen LogP contribution in [0.15, 0.2) is 15.5 Å². The fourth-order valence-electron chi connectivity index (χ4n) is 3.86. The minimum atomic E-state index is -3.65. The number of amides is 1. The predicted octanol–water partition coefficient (Wildman–Crippen LogP) is 2.38. The van der Waals surface area contributed by atoms with Gasteiger partial charge in [-0.05, 0) is 51.2 Å². The number of hydrogen-bond acceptors (Lipinski definition) is 6.